The van der Waals surface area contributed by atoms with E-state index in [9.17, 15) is 4.79 Å². The Balaban J connectivity index is 2.95. The summed E-state index contributed by atoms with van der Waals surface area (Å²) < 4.78 is 1.48. The molecule has 0 spiro atoms. The van der Waals surface area contributed by atoms with E-state index >= 15 is 0 Å². The minimum Gasteiger partial charge on any atom is -0.477 e. The van der Waals surface area contributed by atoms with Gasteiger partial charge in [-0.2, -0.15) is 0 Å². The summed E-state index contributed by atoms with van der Waals surface area (Å²) in [6.45, 7) is 0. The van der Waals surface area contributed by atoms with Crippen molar-refractivity contribution in [2.45, 2.75) is 0 Å². The second-order valence-corrected chi connectivity index (χ2v) is 2.96. The Hall–Kier alpha value is -1.56. The van der Waals surface area contributed by atoms with Crippen molar-refractivity contribution >= 4 is 29.0 Å². The van der Waals surface area contributed by atoms with Gasteiger partial charge in [0.1, 0.15) is 5.69 Å². The highest BCUT2D eigenvalue weighted by molar-refractivity contribution is 7.80. The number of rotatable bonds is 2. The minimum absolute atomic E-state index is 0.113. The van der Waals surface area contributed by atoms with Crippen LogP contribution in [0.1, 0.15) is 10.5 Å². The fourth-order valence-electron chi connectivity index (χ4n) is 0.988. The molecule has 0 aliphatic heterocycles. The van der Waals surface area contributed by atoms with Crippen molar-refractivity contribution in [1.29, 1.82) is 0 Å². The molecule has 0 saturated carbocycles. The van der Waals surface area contributed by atoms with E-state index in [0.29, 0.717) is 5.69 Å². The summed E-state index contributed by atoms with van der Waals surface area (Å²) in [6, 6.07) is 1.46. The molecule has 1 aromatic rings. The zero-order valence-electron chi connectivity index (χ0n) is 6.94. The number of carbonyl (C=O) groups is 1. The van der Waals surface area contributed by atoms with Crippen LogP contribution in [0, 0.1) is 0 Å². The standard InChI is InChI=1S/C7H9N3O2S/c1-10-3-4(9-7(8)13)2-5(10)6(11)12/h2-3H,1H3,(H,11,12)(H3,8,9,13). The molecule has 0 atom stereocenters. The van der Waals surface area contributed by atoms with Crippen LogP contribution in [0.3, 0.4) is 0 Å². The number of anilines is 1. The van der Waals surface area contributed by atoms with Crippen LogP contribution in [-0.4, -0.2) is 20.8 Å². The maximum absolute atomic E-state index is 10.6. The summed E-state index contributed by atoms with van der Waals surface area (Å²) in [5.41, 5.74) is 5.98. The first-order chi connectivity index (χ1) is 6.00. The number of carboxylic acid groups (broad SMARTS) is 1. The summed E-state index contributed by atoms with van der Waals surface area (Å²) in [7, 11) is 1.63. The van der Waals surface area contributed by atoms with Gasteiger partial charge in [0, 0.05) is 13.2 Å². The number of hydrogen-bond acceptors (Lipinski definition) is 2. The second-order valence-electron chi connectivity index (χ2n) is 2.52. The minimum atomic E-state index is -0.988. The molecule has 0 fully saturated rings. The normalized spacial score (nSPS) is 9.62. The first-order valence-electron chi connectivity index (χ1n) is 3.47. The van der Waals surface area contributed by atoms with Gasteiger partial charge in [0.15, 0.2) is 5.11 Å². The van der Waals surface area contributed by atoms with Crippen molar-refractivity contribution in [2.24, 2.45) is 12.8 Å². The average molecular weight is 199 g/mol. The van der Waals surface area contributed by atoms with Gasteiger partial charge in [-0.1, -0.05) is 0 Å². The van der Waals surface area contributed by atoms with E-state index < -0.39 is 5.97 Å². The Bertz CT molecular complexity index is 359. The predicted octanol–water partition coefficient (Wildman–Crippen LogP) is 0.379. The van der Waals surface area contributed by atoms with Crippen LogP contribution in [0.25, 0.3) is 0 Å². The van der Waals surface area contributed by atoms with E-state index in [1.54, 1.807) is 13.2 Å². The SMILES string of the molecule is Cn1cc(NC(N)=S)cc1C(=O)O. The monoisotopic (exact) mass is 199 g/mol. The van der Waals surface area contributed by atoms with Gasteiger partial charge in [-0.05, 0) is 18.3 Å². The van der Waals surface area contributed by atoms with E-state index in [0.717, 1.165) is 0 Å². The molecule has 0 aliphatic rings. The third-order valence-corrected chi connectivity index (χ3v) is 1.59. The van der Waals surface area contributed by atoms with E-state index in [-0.39, 0.29) is 10.8 Å². The van der Waals surface area contributed by atoms with Crippen molar-refractivity contribution in [3.8, 4) is 0 Å². The first kappa shape index (κ1) is 9.53. The Morgan fingerprint density at radius 1 is 1.77 bits per heavy atom. The topological polar surface area (TPSA) is 80.3 Å². The number of aromatic carboxylic acids is 1. The molecule has 0 aliphatic carbocycles. The predicted molar refractivity (Wildman–Crippen MR) is 52.8 cm³/mol. The number of nitrogens with two attached hydrogens (primary N) is 1. The smallest absolute Gasteiger partial charge is 0.352 e. The number of aromatic nitrogens is 1. The Kier molecular flexibility index (Phi) is 2.52. The molecule has 1 heterocycles. The third-order valence-electron chi connectivity index (χ3n) is 1.49. The lowest BCUT2D eigenvalue weighted by Crippen LogP contribution is -2.18. The average Bonchev–Trinajstić information content (AvgIpc) is 2.29. The molecule has 4 N–H and O–H groups in total. The number of carboxylic acids is 1. The van der Waals surface area contributed by atoms with Crippen molar-refractivity contribution in [3.63, 3.8) is 0 Å². The van der Waals surface area contributed by atoms with Crippen LogP contribution in [0.4, 0.5) is 5.69 Å². The van der Waals surface area contributed by atoms with Crippen LogP contribution in [0.5, 0.6) is 0 Å². The lowest BCUT2D eigenvalue weighted by molar-refractivity contribution is 0.0686. The Morgan fingerprint density at radius 2 is 2.38 bits per heavy atom. The van der Waals surface area contributed by atoms with E-state index in [1.165, 1.54) is 10.6 Å². The van der Waals surface area contributed by atoms with Gasteiger partial charge in [0.25, 0.3) is 0 Å². The summed E-state index contributed by atoms with van der Waals surface area (Å²) in [6.07, 6.45) is 1.60. The summed E-state index contributed by atoms with van der Waals surface area (Å²) in [5.74, 6) is -0.988. The van der Waals surface area contributed by atoms with Crippen LogP contribution in [-0.2, 0) is 7.05 Å². The van der Waals surface area contributed by atoms with Crippen molar-refractivity contribution in [3.05, 3.63) is 18.0 Å². The number of nitrogens with one attached hydrogen (secondary N) is 1. The second kappa shape index (κ2) is 3.44. The van der Waals surface area contributed by atoms with E-state index in [1.807, 2.05) is 0 Å². The molecule has 0 aromatic carbocycles. The van der Waals surface area contributed by atoms with Gasteiger partial charge in [0.2, 0.25) is 0 Å². The molecule has 0 bridgehead atoms. The van der Waals surface area contributed by atoms with Crippen molar-refractivity contribution in [2.75, 3.05) is 5.32 Å². The molecular formula is C7H9N3O2S. The fraction of sp³-hybridized carbons (Fsp3) is 0.143. The van der Waals surface area contributed by atoms with E-state index in [2.05, 4.69) is 17.5 Å². The summed E-state index contributed by atoms with van der Waals surface area (Å²) in [5, 5.41) is 11.5. The molecular weight excluding hydrogens is 190 g/mol. The largest absolute Gasteiger partial charge is 0.477 e. The third kappa shape index (κ3) is 2.19. The molecule has 0 unspecified atom stereocenters. The molecule has 0 radical (unpaired) electrons. The van der Waals surface area contributed by atoms with Gasteiger partial charge >= 0.3 is 5.97 Å². The van der Waals surface area contributed by atoms with Gasteiger partial charge in [-0.15, -0.1) is 0 Å². The molecule has 6 heteroatoms. The summed E-state index contributed by atoms with van der Waals surface area (Å²) in [4.78, 5) is 10.6. The van der Waals surface area contributed by atoms with Crippen LogP contribution >= 0.6 is 12.2 Å². The molecule has 0 saturated heterocycles. The zero-order valence-corrected chi connectivity index (χ0v) is 7.76. The lowest BCUT2D eigenvalue weighted by atomic mass is 10.4. The van der Waals surface area contributed by atoms with Gasteiger partial charge in [0.05, 0.1) is 5.69 Å². The number of thiocarbonyl (C=S) groups is 1. The number of nitrogens with zero attached hydrogens (tertiary/aromatic N) is 1. The highest BCUT2D eigenvalue weighted by Gasteiger charge is 2.09. The molecule has 70 valence electrons. The van der Waals surface area contributed by atoms with Crippen LogP contribution in [0.15, 0.2) is 12.3 Å². The number of hydrogen-bond donors (Lipinski definition) is 3. The van der Waals surface area contributed by atoms with Crippen molar-refractivity contribution in [1.82, 2.24) is 4.57 Å². The molecule has 5 nitrogen and oxygen atoms in total. The maximum Gasteiger partial charge on any atom is 0.352 e. The van der Waals surface area contributed by atoms with Crippen molar-refractivity contribution < 1.29 is 9.90 Å². The van der Waals surface area contributed by atoms with Crippen LogP contribution < -0.4 is 11.1 Å². The molecule has 1 rings (SSSR count). The quantitative estimate of drug-likeness (QED) is 0.600. The fourth-order valence-corrected chi connectivity index (χ4v) is 1.11. The highest BCUT2D eigenvalue weighted by atomic mass is 32.1. The highest BCUT2D eigenvalue weighted by Crippen LogP contribution is 2.12. The van der Waals surface area contributed by atoms with Gasteiger partial charge < -0.3 is 20.7 Å². The molecule has 13 heavy (non-hydrogen) atoms. The lowest BCUT2D eigenvalue weighted by Gasteiger charge is -1.96. The Labute approximate surface area is 80.1 Å². The number of aryl methyl sites for hydroxylation is 1. The van der Waals surface area contributed by atoms with E-state index in [4.69, 9.17) is 10.8 Å². The van der Waals surface area contributed by atoms with Gasteiger partial charge in [-0.3, -0.25) is 0 Å². The van der Waals surface area contributed by atoms with Gasteiger partial charge in [-0.25, -0.2) is 4.79 Å². The first-order valence-corrected chi connectivity index (χ1v) is 3.87. The maximum atomic E-state index is 10.6. The Morgan fingerprint density at radius 3 is 2.77 bits per heavy atom. The molecule has 0 amide bonds. The zero-order chi connectivity index (χ0) is 10.0. The summed E-state index contributed by atoms with van der Waals surface area (Å²) >= 11 is 4.61. The molecule has 1 aromatic heterocycles. The van der Waals surface area contributed by atoms with Crippen LogP contribution in [0.2, 0.25) is 0 Å².